The number of hydrogen-bond acceptors (Lipinski definition) is 3. The molecular formula is C30H39N2O3+. The van der Waals surface area contributed by atoms with Gasteiger partial charge in [0.2, 0.25) is 0 Å². The molecule has 5 heteroatoms. The molecule has 0 unspecified atom stereocenters. The fourth-order valence-electron chi connectivity index (χ4n) is 6.67. The van der Waals surface area contributed by atoms with Crippen LogP contribution in [-0.2, 0) is 19.7 Å². The Morgan fingerprint density at radius 1 is 0.943 bits per heavy atom. The molecule has 4 aliphatic rings. The Kier molecular flexibility index (Phi) is 6.97. The number of ether oxygens (including phenoxy) is 1. The molecule has 186 valence electrons. The summed E-state index contributed by atoms with van der Waals surface area (Å²) < 4.78 is 7.16. The Labute approximate surface area is 209 Å². The zero-order valence-corrected chi connectivity index (χ0v) is 21.0. The third-order valence-electron chi connectivity index (χ3n) is 8.79. The number of fused-ring (bicyclic) bond motifs is 3. The molecule has 0 spiro atoms. The van der Waals surface area contributed by atoms with Gasteiger partial charge < -0.3 is 14.5 Å². The van der Waals surface area contributed by atoms with E-state index in [2.05, 4.69) is 17.4 Å². The van der Waals surface area contributed by atoms with E-state index in [0.717, 1.165) is 73.9 Å². The van der Waals surface area contributed by atoms with Gasteiger partial charge in [0.05, 0.1) is 18.5 Å². The van der Waals surface area contributed by atoms with Gasteiger partial charge in [-0.1, -0.05) is 73.7 Å². The molecule has 4 fully saturated rings. The minimum Gasteiger partial charge on any atom is -0.455 e. The van der Waals surface area contributed by atoms with Crippen molar-refractivity contribution in [2.45, 2.75) is 69.8 Å². The molecule has 5 nitrogen and oxygen atoms in total. The molecule has 3 saturated heterocycles. The number of quaternary nitrogens is 1. The number of anilines is 1. The van der Waals surface area contributed by atoms with E-state index in [-0.39, 0.29) is 18.0 Å². The van der Waals surface area contributed by atoms with Crippen molar-refractivity contribution in [3.05, 3.63) is 65.7 Å². The van der Waals surface area contributed by atoms with Gasteiger partial charge in [-0.3, -0.25) is 9.59 Å². The lowest BCUT2D eigenvalue weighted by Crippen LogP contribution is -2.66. The van der Waals surface area contributed by atoms with Gasteiger partial charge in [-0.05, 0) is 37.5 Å². The van der Waals surface area contributed by atoms with E-state index in [1.165, 1.54) is 18.4 Å². The van der Waals surface area contributed by atoms with Gasteiger partial charge in [-0.2, -0.15) is 0 Å². The van der Waals surface area contributed by atoms with Crippen molar-refractivity contribution in [1.82, 2.24) is 0 Å². The van der Waals surface area contributed by atoms with Gasteiger partial charge in [0.25, 0.3) is 5.91 Å². The number of carbonyl (C=O) groups is 2. The third-order valence-corrected chi connectivity index (χ3v) is 8.79. The van der Waals surface area contributed by atoms with Crippen LogP contribution in [0.4, 0.5) is 5.69 Å². The lowest BCUT2D eigenvalue weighted by molar-refractivity contribution is -0.939. The maximum atomic E-state index is 13.9. The molecule has 1 aliphatic carbocycles. The monoisotopic (exact) mass is 475 g/mol. The first kappa shape index (κ1) is 24.1. The smallest absolute Gasteiger partial charge is 0.317 e. The highest BCUT2D eigenvalue weighted by Gasteiger charge is 2.51. The number of amides is 1. The molecular weight excluding hydrogens is 436 g/mol. The summed E-state index contributed by atoms with van der Waals surface area (Å²) in [4.78, 5) is 26.9. The predicted molar refractivity (Wildman–Crippen MR) is 138 cm³/mol. The SMILES string of the molecule is Cc1ccc(NC(=O)C[N+]23CCC(CC2)[C@@H](OC(=O)C2(c4ccccc4)CCCCCC2)C3)cc1. The molecule has 3 heterocycles. The second kappa shape index (κ2) is 10.1. The molecule has 1 saturated carbocycles. The van der Waals surface area contributed by atoms with E-state index in [0.29, 0.717) is 12.5 Å². The molecule has 2 aromatic carbocycles. The van der Waals surface area contributed by atoms with Crippen molar-refractivity contribution < 1.29 is 18.8 Å². The van der Waals surface area contributed by atoms with Crippen molar-refractivity contribution in [2.75, 3.05) is 31.5 Å². The van der Waals surface area contributed by atoms with Gasteiger partial charge in [-0.25, -0.2) is 0 Å². The maximum Gasteiger partial charge on any atom is 0.317 e. The van der Waals surface area contributed by atoms with Crippen LogP contribution in [0, 0.1) is 12.8 Å². The summed E-state index contributed by atoms with van der Waals surface area (Å²) >= 11 is 0. The third kappa shape index (κ3) is 5.16. The molecule has 0 aromatic heterocycles. The minimum atomic E-state index is -0.530. The number of nitrogens with zero attached hydrogens (tertiary/aromatic N) is 1. The van der Waals surface area contributed by atoms with E-state index in [1.807, 2.05) is 49.4 Å². The van der Waals surface area contributed by atoms with Crippen LogP contribution in [0.15, 0.2) is 54.6 Å². The summed E-state index contributed by atoms with van der Waals surface area (Å²) in [7, 11) is 0. The van der Waals surface area contributed by atoms with E-state index in [9.17, 15) is 9.59 Å². The average Bonchev–Trinajstić information content (AvgIpc) is 3.14. The summed E-state index contributed by atoms with van der Waals surface area (Å²) in [5.74, 6) is 0.424. The average molecular weight is 476 g/mol. The number of hydrogen-bond donors (Lipinski definition) is 1. The molecule has 6 rings (SSSR count). The van der Waals surface area contributed by atoms with Crippen molar-refractivity contribution in [2.24, 2.45) is 5.92 Å². The molecule has 1 N–H and O–H groups in total. The summed E-state index contributed by atoms with van der Waals surface area (Å²) in [6.07, 6.45) is 8.18. The molecule has 1 atom stereocenters. The Bertz CT molecular complexity index is 1020. The summed E-state index contributed by atoms with van der Waals surface area (Å²) in [6.45, 7) is 5.22. The van der Waals surface area contributed by atoms with Crippen LogP contribution < -0.4 is 5.32 Å². The first-order valence-electron chi connectivity index (χ1n) is 13.5. The molecule has 1 amide bonds. The normalized spacial score (nSPS) is 27.6. The number of esters is 1. The van der Waals surface area contributed by atoms with E-state index in [4.69, 9.17) is 4.74 Å². The number of benzene rings is 2. The summed E-state index contributed by atoms with van der Waals surface area (Å²) in [5.41, 5.74) is 2.59. The quantitative estimate of drug-likeness (QED) is 0.347. The standard InChI is InChI=1S/C30H38N2O3/c1-23-11-13-26(14-12-23)31-28(33)22-32-19-15-24(16-20-32)27(21-32)35-29(34)30(17-7-2-3-8-18-30)25-9-5-4-6-10-25/h4-6,9-14,24,27H,2-3,7-8,15-22H2,1H3/p+1/t24?,27-,32?/m0/s1. The fraction of sp³-hybridized carbons (Fsp3) is 0.533. The highest BCUT2D eigenvalue weighted by Crippen LogP contribution is 2.42. The number of rotatable bonds is 6. The molecule has 35 heavy (non-hydrogen) atoms. The van der Waals surface area contributed by atoms with Crippen LogP contribution in [0.3, 0.4) is 0 Å². The van der Waals surface area contributed by atoms with Crippen LogP contribution in [0.5, 0.6) is 0 Å². The van der Waals surface area contributed by atoms with Crippen LogP contribution in [0.1, 0.15) is 62.5 Å². The second-order valence-electron chi connectivity index (χ2n) is 11.2. The van der Waals surface area contributed by atoms with Crippen molar-refractivity contribution in [3.8, 4) is 0 Å². The van der Waals surface area contributed by atoms with Gasteiger partial charge in [0.15, 0.2) is 12.6 Å². The molecule has 2 bridgehead atoms. The zero-order valence-electron chi connectivity index (χ0n) is 21.0. The van der Waals surface area contributed by atoms with E-state index in [1.54, 1.807) is 0 Å². The Morgan fingerprint density at radius 3 is 2.26 bits per heavy atom. The van der Waals surface area contributed by atoms with Crippen LogP contribution in [0.25, 0.3) is 0 Å². The lowest BCUT2D eigenvalue weighted by atomic mass is 9.74. The highest BCUT2D eigenvalue weighted by atomic mass is 16.5. The maximum absolute atomic E-state index is 13.9. The van der Waals surface area contributed by atoms with E-state index >= 15 is 0 Å². The number of piperidine rings is 3. The Balaban J connectivity index is 1.29. The number of nitrogens with one attached hydrogen (secondary N) is 1. The summed E-state index contributed by atoms with van der Waals surface area (Å²) in [5, 5.41) is 3.07. The second-order valence-corrected chi connectivity index (χ2v) is 11.2. The highest BCUT2D eigenvalue weighted by molar-refractivity contribution is 5.91. The van der Waals surface area contributed by atoms with Gasteiger partial charge in [0, 0.05) is 24.4 Å². The largest absolute Gasteiger partial charge is 0.455 e. The zero-order chi connectivity index (χ0) is 24.3. The number of aryl methyl sites for hydroxylation is 1. The van der Waals surface area contributed by atoms with Crippen LogP contribution >= 0.6 is 0 Å². The van der Waals surface area contributed by atoms with Gasteiger partial charge in [0.1, 0.15) is 6.54 Å². The van der Waals surface area contributed by atoms with E-state index < -0.39 is 5.41 Å². The fourth-order valence-corrected chi connectivity index (χ4v) is 6.67. The number of carbonyl (C=O) groups excluding carboxylic acids is 2. The van der Waals surface area contributed by atoms with Crippen LogP contribution in [0.2, 0.25) is 0 Å². The summed E-state index contributed by atoms with van der Waals surface area (Å²) in [6, 6.07) is 18.2. The van der Waals surface area contributed by atoms with Gasteiger partial charge in [-0.15, -0.1) is 0 Å². The topological polar surface area (TPSA) is 55.4 Å². The van der Waals surface area contributed by atoms with Crippen molar-refractivity contribution in [1.29, 1.82) is 0 Å². The lowest BCUT2D eigenvalue weighted by Gasteiger charge is -2.52. The van der Waals surface area contributed by atoms with Gasteiger partial charge >= 0.3 is 5.97 Å². The Hall–Kier alpha value is -2.66. The minimum absolute atomic E-state index is 0.0355. The Morgan fingerprint density at radius 2 is 1.60 bits per heavy atom. The molecule has 0 radical (unpaired) electrons. The molecule has 3 aliphatic heterocycles. The predicted octanol–water partition coefficient (Wildman–Crippen LogP) is 5.38. The first-order chi connectivity index (χ1) is 17.0. The van der Waals surface area contributed by atoms with Crippen molar-refractivity contribution in [3.63, 3.8) is 0 Å². The molecule has 2 aromatic rings. The van der Waals surface area contributed by atoms with Crippen LogP contribution in [-0.4, -0.2) is 48.6 Å². The first-order valence-corrected chi connectivity index (χ1v) is 13.5. The van der Waals surface area contributed by atoms with Crippen molar-refractivity contribution >= 4 is 17.6 Å².